The van der Waals surface area contributed by atoms with Gasteiger partial charge in [-0.3, -0.25) is 4.18 Å². The fourth-order valence-corrected chi connectivity index (χ4v) is 3.87. The topological polar surface area (TPSA) is 168 Å². The Bertz CT molecular complexity index is 902. The summed E-state index contributed by atoms with van der Waals surface area (Å²) in [5.74, 6) is 0.303. The van der Waals surface area contributed by atoms with Gasteiger partial charge in [0.25, 0.3) is 0 Å². The average Bonchev–Trinajstić information content (AvgIpc) is 3.06. The second-order valence-corrected chi connectivity index (χ2v) is 8.87. The molecule has 3 atom stereocenters. The Morgan fingerprint density at radius 3 is 2.88 bits per heavy atom. The maximum absolute atomic E-state index is 10.9. The van der Waals surface area contributed by atoms with E-state index in [2.05, 4.69) is 19.2 Å². The molecule has 0 unspecified atom stereocenters. The first-order valence-electron chi connectivity index (χ1n) is 7.81. The number of nitrogen functional groups attached to an aromatic ring is 1. The molecule has 13 heteroatoms. The van der Waals surface area contributed by atoms with Crippen molar-refractivity contribution in [2.24, 2.45) is 5.14 Å². The molecular formula is C13H20N6O5S2. The highest BCUT2D eigenvalue weighted by molar-refractivity contribution is 8.00. The zero-order valence-corrected chi connectivity index (χ0v) is 15.8. The van der Waals surface area contributed by atoms with Crippen LogP contribution >= 0.6 is 11.8 Å². The zero-order chi connectivity index (χ0) is 19.1. The van der Waals surface area contributed by atoms with Gasteiger partial charge in [0, 0.05) is 11.7 Å². The SMILES string of the molecule is CC(C)Sc1nn([C@H]2C[C@H](O)[C@H](COS(N)(=O)=O)O2)c2ncnc(N)c12. The van der Waals surface area contributed by atoms with E-state index in [4.69, 9.17) is 15.6 Å². The lowest BCUT2D eigenvalue weighted by Crippen LogP contribution is -2.30. The Kier molecular flexibility index (Phi) is 5.37. The van der Waals surface area contributed by atoms with Crippen molar-refractivity contribution in [2.75, 3.05) is 12.3 Å². The van der Waals surface area contributed by atoms with Crippen molar-refractivity contribution in [3.05, 3.63) is 6.33 Å². The number of aliphatic hydroxyl groups excluding tert-OH is 1. The van der Waals surface area contributed by atoms with Crippen LogP contribution in [0.5, 0.6) is 0 Å². The first-order chi connectivity index (χ1) is 12.2. The van der Waals surface area contributed by atoms with Crippen molar-refractivity contribution in [3.63, 3.8) is 0 Å². The summed E-state index contributed by atoms with van der Waals surface area (Å²) < 4.78 is 33.6. The summed E-state index contributed by atoms with van der Waals surface area (Å²) in [6, 6.07) is 0. The van der Waals surface area contributed by atoms with Crippen molar-refractivity contribution in [2.45, 2.75) is 49.0 Å². The summed E-state index contributed by atoms with van der Waals surface area (Å²) in [7, 11) is -4.12. The van der Waals surface area contributed by atoms with E-state index < -0.39 is 28.7 Å². The van der Waals surface area contributed by atoms with E-state index in [1.807, 2.05) is 13.8 Å². The number of ether oxygens (including phenoxy) is 1. The molecule has 3 heterocycles. The molecule has 26 heavy (non-hydrogen) atoms. The number of aromatic nitrogens is 4. The van der Waals surface area contributed by atoms with Gasteiger partial charge in [-0.1, -0.05) is 13.8 Å². The molecule has 3 rings (SSSR count). The highest BCUT2D eigenvalue weighted by Crippen LogP contribution is 2.36. The van der Waals surface area contributed by atoms with Crippen molar-refractivity contribution < 1.29 is 22.4 Å². The van der Waals surface area contributed by atoms with Crippen LogP contribution in [0.1, 0.15) is 26.5 Å². The number of fused-ring (bicyclic) bond motifs is 1. The number of aliphatic hydroxyl groups is 1. The molecule has 0 aliphatic carbocycles. The molecule has 0 bridgehead atoms. The molecule has 1 fully saturated rings. The number of rotatable bonds is 6. The van der Waals surface area contributed by atoms with Crippen LogP contribution in [0.25, 0.3) is 11.0 Å². The number of nitrogens with two attached hydrogens (primary N) is 2. The molecular weight excluding hydrogens is 384 g/mol. The molecule has 144 valence electrons. The molecule has 2 aromatic heterocycles. The standard InChI is InChI=1S/C13H20N6O5S2/c1-6(2)25-13-10-11(14)16-5-17-12(10)19(18-13)9-3-7(20)8(24-9)4-23-26(15,21)22/h5-9,20H,3-4H2,1-2H3,(H2,14,16,17)(H2,15,21,22)/t7-,8-,9+/m0/s1. The van der Waals surface area contributed by atoms with Crippen LogP contribution in [0.3, 0.4) is 0 Å². The fraction of sp³-hybridized carbons (Fsp3) is 0.615. The average molecular weight is 404 g/mol. The van der Waals surface area contributed by atoms with Crippen molar-refractivity contribution in [1.82, 2.24) is 19.7 Å². The maximum Gasteiger partial charge on any atom is 0.333 e. The van der Waals surface area contributed by atoms with Gasteiger partial charge in [0.2, 0.25) is 0 Å². The van der Waals surface area contributed by atoms with Gasteiger partial charge >= 0.3 is 10.3 Å². The predicted molar refractivity (Wildman–Crippen MR) is 94.3 cm³/mol. The molecule has 2 aromatic rings. The number of anilines is 1. The second-order valence-electron chi connectivity index (χ2n) is 6.08. The quantitative estimate of drug-likeness (QED) is 0.547. The van der Waals surface area contributed by atoms with E-state index in [1.54, 1.807) is 0 Å². The zero-order valence-electron chi connectivity index (χ0n) is 14.1. The minimum atomic E-state index is -4.12. The van der Waals surface area contributed by atoms with E-state index in [9.17, 15) is 13.5 Å². The van der Waals surface area contributed by atoms with E-state index in [0.29, 0.717) is 21.9 Å². The third-order valence-electron chi connectivity index (χ3n) is 3.71. The summed E-state index contributed by atoms with van der Waals surface area (Å²) in [5.41, 5.74) is 6.46. The lowest BCUT2D eigenvalue weighted by molar-refractivity contribution is -0.0415. The van der Waals surface area contributed by atoms with Crippen molar-refractivity contribution >= 4 is 38.9 Å². The van der Waals surface area contributed by atoms with Gasteiger partial charge in [-0.15, -0.1) is 11.8 Å². The van der Waals surface area contributed by atoms with Gasteiger partial charge in [-0.05, 0) is 0 Å². The summed E-state index contributed by atoms with van der Waals surface area (Å²) >= 11 is 1.51. The lowest BCUT2D eigenvalue weighted by atomic mass is 10.2. The first kappa shape index (κ1) is 19.3. The Morgan fingerprint density at radius 1 is 1.50 bits per heavy atom. The Hall–Kier alpha value is -1.51. The summed E-state index contributed by atoms with van der Waals surface area (Å²) in [6.45, 7) is 3.65. The number of hydrogen-bond donors (Lipinski definition) is 3. The maximum atomic E-state index is 10.9. The van der Waals surface area contributed by atoms with Crippen LogP contribution in [0.15, 0.2) is 11.4 Å². The molecule has 11 nitrogen and oxygen atoms in total. The summed E-state index contributed by atoms with van der Waals surface area (Å²) in [4.78, 5) is 8.25. The van der Waals surface area contributed by atoms with Gasteiger partial charge < -0.3 is 15.6 Å². The smallest absolute Gasteiger partial charge is 0.333 e. The van der Waals surface area contributed by atoms with E-state index in [-0.39, 0.29) is 18.3 Å². The Labute approximate surface area is 154 Å². The highest BCUT2D eigenvalue weighted by atomic mass is 32.2. The van der Waals surface area contributed by atoms with Gasteiger partial charge in [0.1, 0.15) is 23.3 Å². The van der Waals surface area contributed by atoms with E-state index in [0.717, 1.165) is 0 Å². The normalized spacial score (nSPS) is 24.0. The van der Waals surface area contributed by atoms with Crippen LogP contribution in [-0.2, 0) is 19.2 Å². The van der Waals surface area contributed by atoms with Crippen LogP contribution in [0.4, 0.5) is 5.82 Å². The van der Waals surface area contributed by atoms with E-state index >= 15 is 0 Å². The fourth-order valence-electron chi connectivity index (χ4n) is 2.65. The van der Waals surface area contributed by atoms with Gasteiger partial charge in [-0.2, -0.15) is 13.5 Å². The molecule has 0 spiro atoms. The van der Waals surface area contributed by atoms with E-state index in [1.165, 1.54) is 22.8 Å². The summed E-state index contributed by atoms with van der Waals surface area (Å²) in [5, 5.41) is 21.0. The summed E-state index contributed by atoms with van der Waals surface area (Å²) in [6.07, 6.45) is -0.950. The minimum absolute atomic E-state index is 0.186. The lowest BCUT2D eigenvalue weighted by Gasteiger charge is -2.14. The molecule has 0 saturated carbocycles. The van der Waals surface area contributed by atoms with Crippen molar-refractivity contribution in [3.8, 4) is 0 Å². The molecule has 1 aliphatic heterocycles. The molecule has 1 saturated heterocycles. The van der Waals surface area contributed by atoms with Crippen LogP contribution in [0.2, 0.25) is 0 Å². The molecule has 0 amide bonds. The highest BCUT2D eigenvalue weighted by Gasteiger charge is 2.37. The number of hydrogen-bond acceptors (Lipinski definition) is 10. The number of thioether (sulfide) groups is 1. The largest absolute Gasteiger partial charge is 0.390 e. The molecule has 5 N–H and O–H groups in total. The van der Waals surface area contributed by atoms with Gasteiger partial charge in [0.15, 0.2) is 11.9 Å². The Balaban J connectivity index is 1.90. The Morgan fingerprint density at radius 2 is 2.23 bits per heavy atom. The van der Waals surface area contributed by atoms with Crippen LogP contribution in [-0.4, -0.2) is 57.3 Å². The number of nitrogens with zero attached hydrogens (tertiary/aromatic N) is 4. The molecule has 0 radical (unpaired) electrons. The first-order valence-corrected chi connectivity index (χ1v) is 10.2. The molecule has 1 aliphatic rings. The predicted octanol–water partition coefficient (Wildman–Crippen LogP) is -0.222. The molecule has 0 aromatic carbocycles. The third-order valence-corrected chi connectivity index (χ3v) is 5.15. The van der Waals surface area contributed by atoms with Crippen LogP contribution in [0, 0.1) is 0 Å². The minimum Gasteiger partial charge on any atom is -0.390 e. The third kappa shape index (κ3) is 4.07. The van der Waals surface area contributed by atoms with Crippen LogP contribution < -0.4 is 10.9 Å². The van der Waals surface area contributed by atoms with Crippen molar-refractivity contribution in [1.29, 1.82) is 0 Å². The second kappa shape index (κ2) is 7.25. The van der Waals surface area contributed by atoms with Gasteiger partial charge in [-0.25, -0.2) is 19.8 Å². The van der Waals surface area contributed by atoms with Gasteiger partial charge in [0.05, 0.1) is 18.1 Å². The monoisotopic (exact) mass is 404 g/mol.